The van der Waals surface area contributed by atoms with Crippen molar-refractivity contribution in [3.05, 3.63) is 23.5 Å². The SMILES string of the molecule is Cc1nc(C(F)(F)F)ccc1S(=O)(=O)NC1CCN(C2CCOCC2)CC1. The molecule has 2 aliphatic rings. The highest BCUT2D eigenvalue weighted by Crippen LogP contribution is 2.29. The first-order chi connectivity index (χ1) is 12.7. The number of likely N-dealkylation sites (tertiary alicyclic amines) is 1. The summed E-state index contributed by atoms with van der Waals surface area (Å²) < 4.78 is 71.4. The van der Waals surface area contributed by atoms with Gasteiger partial charge < -0.3 is 9.64 Å². The van der Waals surface area contributed by atoms with Crippen LogP contribution >= 0.6 is 0 Å². The van der Waals surface area contributed by atoms with Crippen molar-refractivity contribution in [2.24, 2.45) is 0 Å². The largest absolute Gasteiger partial charge is 0.433 e. The molecular weight excluding hydrogens is 383 g/mol. The van der Waals surface area contributed by atoms with Gasteiger partial charge in [0.25, 0.3) is 0 Å². The van der Waals surface area contributed by atoms with Crippen LogP contribution in [0.15, 0.2) is 17.0 Å². The van der Waals surface area contributed by atoms with Crippen molar-refractivity contribution >= 4 is 10.0 Å². The Kier molecular flexibility index (Phi) is 6.09. The smallest absolute Gasteiger partial charge is 0.381 e. The number of rotatable bonds is 4. The number of hydrogen-bond acceptors (Lipinski definition) is 5. The highest BCUT2D eigenvalue weighted by Gasteiger charge is 2.34. The summed E-state index contributed by atoms with van der Waals surface area (Å²) in [6.07, 6.45) is -1.27. The molecule has 0 aliphatic carbocycles. The van der Waals surface area contributed by atoms with Crippen molar-refractivity contribution in [1.29, 1.82) is 0 Å². The molecule has 2 saturated heterocycles. The molecule has 1 aromatic rings. The van der Waals surface area contributed by atoms with E-state index in [9.17, 15) is 21.6 Å². The molecule has 1 aromatic heterocycles. The summed E-state index contributed by atoms with van der Waals surface area (Å²) in [6, 6.07) is 1.94. The van der Waals surface area contributed by atoms with Crippen molar-refractivity contribution in [1.82, 2.24) is 14.6 Å². The third-order valence-corrected chi connectivity index (χ3v) is 6.83. The standard InChI is InChI=1S/C17H24F3N3O3S/c1-12-15(2-3-16(21-12)17(18,19)20)27(24,25)22-13-4-8-23(9-5-13)14-6-10-26-11-7-14/h2-3,13-14,22H,4-11H2,1H3. The van der Waals surface area contributed by atoms with E-state index in [0.717, 1.165) is 45.2 Å². The lowest BCUT2D eigenvalue weighted by molar-refractivity contribution is -0.141. The van der Waals surface area contributed by atoms with Crippen LogP contribution in [-0.2, 0) is 20.9 Å². The fourth-order valence-electron chi connectivity index (χ4n) is 3.71. The molecule has 0 amide bonds. The Morgan fingerprint density at radius 1 is 1.15 bits per heavy atom. The van der Waals surface area contributed by atoms with Gasteiger partial charge in [-0.2, -0.15) is 13.2 Å². The molecule has 1 N–H and O–H groups in total. The molecule has 0 atom stereocenters. The van der Waals surface area contributed by atoms with Crippen molar-refractivity contribution in [2.45, 2.75) is 55.8 Å². The van der Waals surface area contributed by atoms with Crippen molar-refractivity contribution < 1.29 is 26.3 Å². The zero-order chi connectivity index (χ0) is 19.7. The van der Waals surface area contributed by atoms with Crippen LogP contribution in [0.5, 0.6) is 0 Å². The number of nitrogens with one attached hydrogen (secondary N) is 1. The second-order valence-corrected chi connectivity index (χ2v) is 8.74. The van der Waals surface area contributed by atoms with Crippen LogP contribution in [0, 0.1) is 6.92 Å². The molecule has 2 fully saturated rings. The Morgan fingerprint density at radius 3 is 2.33 bits per heavy atom. The average molecular weight is 407 g/mol. The molecule has 152 valence electrons. The molecule has 2 aliphatic heterocycles. The Labute approximate surface area is 157 Å². The number of hydrogen-bond donors (Lipinski definition) is 1. The van der Waals surface area contributed by atoms with Gasteiger partial charge in [0.1, 0.15) is 10.6 Å². The van der Waals surface area contributed by atoms with E-state index in [-0.39, 0.29) is 16.6 Å². The van der Waals surface area contributed by atoms with Crippen LogP contribution in [-0.4, -0.2) is 56.7 Å². The molecule has 6 nitrogen and oxygen atoms in total. The van der Waals surface area contributed by atoms with Crippen molar-refractivity contribution in [3.63, 3.8) is 0 Å². The van der Waals surface area contributed by atoms with Crippen LogP contribution in [0.3, 0.4) is 0 Å². The summed E-state index contributed by atoms with van der Waals surface area (Å²) in [7, 11) is -3.91. The monoisotopic (exact) mass is 407 g/mol. The van der Waals surface area contributed by atoms with Crippen molar-refractivity contribution in [2.75, 3.05) is 26.3 Å². The number of nitrogens with zero attached hydrogens (tertiary/aromatic N) is 2. The van der Waals surface area contributed by atoms with Crippen LogP contribution in [0.4, 0.5) is 13.2 Å². The summed E-state index contributed by atoms with van der Waals surface area (Å²) in [5, 5.41) is 0. The first-order valence-corrected chi connectivity index (χ1v) is 10.5. The number of piperidine rings is 1. The Bertz CT molecular complexity index is 756. The van der Waals surface area contributed by atoms with Crippen LogP contribution in [0.25, 0.3) is 0 Å². The highest BCUT2D eigenvalue weighted by molar-refractivity contribution is 7.89. The second kappa shape index (κ2) is 8.02. The van der Waals surface area contributed by atoms with E-state index in [1.807, 2.05) is 0 Å². The molecule has 0 radical (unpaired) electrons. The van der Waals surface area contributed by atoms with Gasteiger partial charge in [0.15, 0.2) is 0 Å². The number of aromatic nitrogens is 1. The quantitative estimate of drug-likeness (QED) is 0.830. The minimum absolute atomic E-state index is 0.156. The third-order valence-electron chi connectivity index (χ3n) is 5.18. The van der Waals surface area contributed by atoms with Gasteiger partial charge in [-0.25, -0.2) is 18.1 Å². The lowest BCUT2D eigenvalue weighted by atomic mass is 10.0. The fourth-order valence-corrected chi connectivity index (χ4v) is 5.19. The number of sulfonamides is 1. The van der Waals surface area contributed by atoms with E-state index < -0.39 is 21.9 Å². The molecule has 27 heavy (non-hydrogen) atoms. The van der Waals surface area contributed by atoms with Gasteiger partial charge in [-0.1, -0.05) is 0 Å². The number of pyridine rings is 1. The molecule has 3 heterocycles. The van der Waals surface area contributed by atoms with E-state index in [0.29, 0.717) is 24.9 Å². The third kappa shape index (κ3) is 4.98. The minimum Gasteiger partial charge on any atom is -0.381 e. The van der Waals surface area contributed by atoms with Crippen LogP contribution < -0.4 is 4.72 Å². The fraction of sp³-hybridized carbons (Fsp3) is 0.706. The first-order valence-electron chi connectivity index (χ1n) is 9.06. The Hall–Kier alpha value is -1.23. The Balaban J connectivity index is 1.62. The summed E-state index contributed by atoms with van der Waals surface area (Å²) in [6.45, 7) is 4.39. The van der Waals surface area contributed by atoms with Gasteiger partial charge in [-0.15, -0.1) is 0 Å². The van der Waals surface area contributed by atoms with E-state index >= 15 is 0 Å². The number of aryl methyl sites for hydroxylation is 1. The maximum atomic E-state index is 12.7. The molecule has 0 bridgehead atoms. The van der Waals surface area contributed by atoms with Gasteiger partial charge in [0.05, 0.1) is 5.69 Å². The van der Waals surface area contributed by atoms with E-state index in [1.54, 1.807) is 0 Å². The Morgan fingerprint density at radius 2 is 1.78 bits per heavy atom. The molecule has 0 saturated carbocycles. The van der Waals surface area contributed by atoms with Gasteiger partial charge in [0.2, 0.25) is 10.0 Å². The second-order valence-electron chi connectivity index (χ2n) is 7.05. The molecule has 0 unspecified atom stereocenters. The minimum atomic E-state index is -4.60. The zero-order valence-corrected chi connectivity index (χ0v) is 15.9. The predicted molar refractivity (Wildman–Crippen MR) is 92.7 cm³/mol. The number of alkyl halides is 3. The maximum Gasteiger partial charge on any atom is 0.433 e. The summed E-state index contributed by atoms with van der Waals surface area (Å²) in [5.74, 6) is 0. The molecule has 0 spiro atoms. The van der Waals surface area contributed by atoms with Crippen molar-refractivity contribution in [3.8, 4) is 0 Å². The highest BCUT2D eigenvalue weighted by atomic mass is 32.2. The summed E-state index contributed by atoms with van der Waals surface area (Å²) in [4.78, 5) is 5.58. The normalized spacial score (nSPS) is 21.5. The zero-order valence-electron chi connectivity index (χ0n) is 15.1. The van der Waals surface area contributed by atoms with Gasteiger partial charge >= 0.3 is 6.18 Å². The molecule has 0 aromatic carbocycles. The maximum absolute atomic E-state index is 12.7. The van der Waals surface area contributed by atoms with Gasteiger partial charge in [-0.05, 0) is 57.8 Å². The van der Waals surface area contributed by atoms with Gasteiger partial charge in [0, 0.05) is 25.3 Å². The first kappa shape index (κ1) is 20.5. The topological polar surface area (TPSA) is 71.5 Å². The molecule has 3 rings (SSSR count). The predicted octanol–water partition coefficient (Wildman–Crippen LogP) is 2.33. The summed E-state index contributed by atoms with van der Waals surface area (Å²) >= 11 is 0. The average Bonchev–Trinajstić information content (AvgIpc) is 2.62. The van der Waals surface area contributed by atoms with Crippen LogP contribution in [0.1, 0.15) is 37.1 Å². The summed E-state index contributed by atoms with van der Waals surface area (Å²) in [5.41, 5.74) is -1.25. The van der Waals surface area contributed by atoms with Crippen LogP contribution in [0.2, 0.25) is 0 Å². The number of halogens is 3. The molecular formula is C17H24F3N3O3S. The van der Waals surface area contributed by atoms with E-state index in [4.69, 9.17) is 4.74 Å². The van der Waals surface area contributed by atoms with Gasteiger partial charge in [-0.3, -0.25) is 0 Å². The van der Waals surface area contributed by atoms with E-state index in [2.05, 4.69) is 14.6 Å². The molecule has 10 heteroatoms. The lowest BCUT2D eigenvalue weighted by Crippen LogP contribution is -2.49. The van der Waals surface area contributed by atoms with E-state index in [1.165, 1.54) is 6.92 Å². The number of ether oxygens (including phenoxy) is 1. The lowest BCUT2D eigenvalue weighted by Gasteiger charge is -2.39.